The molecular formula is C9H11KO4. The number of phenolic OH excluding ortho intramolecular Hbond substituents is 1. The number of aliphatic carboxylic acids is 1. The van der Waals surface area contributed by atoms with Crippen molar-refractivity contribution < 1.29 is 72.6 Å². The maximum absolute atomic E-state index is 10.4. The molecule has 0 amide bonds. The fraction of sp³-hybridized carbons (Fsp3) is 0.222. The normalized spacial score (nSPS) is 11.2. The Morgan fingerprint density at radius 1 is 1.43 bits per heavy atom. The number of hydrogen-bond acceptors (Lipinski definition) is 3. The second-order valence-electron chi connectivity index (χ2n) is 2.59. The number of rotatable bonds is 3. The number of ether oxygens (including phenoxy) is 1. The summed E-state index contributed by atoms with van der Waals surface area (Å²) in [5, 5.41) is 17.5. The molecule has 0 fully saturated rings. The van der Waals surface area contributed by atoms with E-state index in [1.165, 1.54) is 31.2 Å². The van der Waals surface area contributed by atoms with E-state index in [1.807, 2.05) is 0 Å². The summed E-state index contributed by atoms with van der Waals surface area (Å²) >= 11 is 0. The van der Waals surface area contributed by atoms with Gasteiger partial charge in [0.2, 0.25) is 0 Å². The van der Waals surface area contributed by atoms with Crippen LogP contribution >= 0.6 is 0 Å². The van der Waals surface area contributed by atoms with E-state index < -0.39 is 12.1 Å². The molecule has 1 aromatic carbocycles. The molecule has 0 saturated heterocycles. The second kappa shape index (κ2) is 6.42. The average Bonchev–Trinajstić information content (AvgIpc) is 2.08. The van der Waals surface area contributed by atoms with Gasteiger partial charge < -0.3 is 16.4 Å². The largest absolute Gasteiger partial charge is 1.00 e. The van der Waals surface area contributed by atoms with Gasteiger partial charge >= 0.3 is 57.4 Å². The quantitative estimate of drug-likeness (QED) is 0.602. The fourth-order valence-corrected chi connectivity index (χ4v) is 0.779. The van der Waals surface area contributed by atoms with Crippen molar-refractivity contribution in [1.82, 2.24) is 0 Å². The van der Waals surface area contributed by atoms with E-state index in [1.54, 1.807) is 0 Å². The van der Waals surface area contributed by atoms with E-state index in [2.05, 4.69) is 0 Å². The summed E-state index contributed by atoms with van der Waals surface area (Å²) in [5.41, 5.74) is 0. The van der Waals surface area contributed by atoms with Gasteiger partial charge in [0.1, 0.15) is 11.5 Å². The van der Waals surface area contributed by atoms with Crippen molar-refractivity contribution in [3.63, 3.8) is 0 Å². The van der Waals surface area contributed by atoms with Gasteiger partial charge in [-0.25, -0.2) is 4.79 Å². The van der Waals surface area contributed by atoms with Gasteiger partial charge in [-0.1, -0.05) is 0 Å². The van der Waals surface area contributed by atoms with Gasteiger partial charge in [-0.15, -0.1) is 0 Å². The monoisotopic (exact) mass is 222 g/mol. The summed E-state index contributed by atoms with van der Waals surface area (Å²) in [6.07, 6.45) is -0.885. The van der Waals surface area contributed by atoms with Crippen LogP contribution in [0, 0.1) is 0 Å². The van der Waals surface area contributed by atoms with Gasteiger partial charge in [-0.3, -0.25) is 0 Å². The van der Waals surface area contributed by atoms with E-state index in [9.17, 15) is 4.79 Å². The number of carboxylic acids is 1. The summed E-state index contributed by atoms with van der Waals surface area (Å²) < 4.78 is 5.02. The predicted octanol–water partition coefficient (Wildman–Crippen LogP) is -1.64. The molecule has 14 heavy (non-hydrogen) atoms. The maximum Gasteiger partial charge on any atom is 1.00 e. The zero-order chi connectivity index (χ0) is 9.84. The van der Waals surface area contributed by atoms with Crippen LogP contribution in [0.1, 0.15) is 8.35 Å². The second-order valence-corrected chi connectivity index (χ2v) is 2.59. The topological polar surface area (TPSA) is 66.8 Å². The van der Waals surface area contributed by atoms with E-state index >= 15 is 0 Å². The van der Waals surface area contributed by atoms with Crippen LogP contribution in [-0.4, -0.2) is 22.3 Å². The molecular weight excluding hydrogens is 211 g/mol. The van der Waals surface area contributed by atoms with Crippen molar-refractivity contribution in [2.45, 2.75) is 13.0 Å². The van der Waals surface area contributed by atoms with Crippen LogP contribution < -0.4 is 56.1 Å². The third kappa shape index (κ3) is 4.43. The first-order valence-corrected chi connectivity index (χ1v) is 3.78. The van der Waals surface area contributed by atoms with Gasteiger partial charge in [0.05, 0.1) is 0 Å². The van der Waals surface area contributed by atoms with Crippen molar-refractivity contribution in [3.8, 4) is 11.5 Å². The minimum Gasteiger partial charge on any atom is -1.00 e. The predicted molar refractivity (Wildman–Crippen MR) is 46.9 cm³/mol. The third-order valence-corrected chi connectivity index (χ3v) is 1.50. The van der Waals surface area contributed by atoms with Crippen LogP contribution in [0.4, 0.5) is 0 Å². The standard InChI is InChI=1S/C9H10O4.K.H/c1-6(9(11)12)13-8-4-2-7(10)3-5-8;;/h2-6,10H,1H3,(H,11,12);;/q;+1;-1/t6-;;/m1../s1. The molecule has 0 aliphatic heterocycles. The van der Waals surface area contributed by atoms with Crippen LogP contribution in [0.5, 0.6) is 11.5 Å². The molecule has 0 aromatic heterocycles. The summed E-state index contributed by atoms with van der Waals surface area (Å²) in [7, 11) is 0. The zero-order valence-corrected chi connectivity index (χ0v) is 11.2. The molecule has 0 heterocycles. The Kier molecular flexibility index (Phi) is 6.38. The molecule has 0 spiro atoms. The zero-order valence-electron chi connectivity index (χ0n) is 9.10. The molecule has 1 aromatic rings. The first-order chi connectivity index (χ1) is 6.09. The maximum atomic E-state index is 10.4. The van der Waals surface area contributed by atoms with Gasteiger partial charge in [0.15, 0.2) is 6.10 Å². The Labute approximate surface area is 126 Å². The van der Waals surface area contributed by atoms with Crippen LogP contribution in [0.2, 0.25) is 0 Å². The Morgan fingerprint density at radius 2 is 1.93 bits per heavy atom. The molecule has 0 unspecified atom stereocenters. The Bertz CT molecular complexity index is 301. The molecule has 2 N–H and O–H groups in total. The number of carboxylic acid groups (broad SMARTS) is 1. The number of benzene rings is 1. The molecule has 0 bridgehead atoms. The first kappa shape index (κ1) is 13.9. The van der Waals surface area contributed by atoms with E-state index in [0.717, 1.165) is 0 Å². The molecule has 5 heteroatoms. The van der Waals surface area contributed by atoms with Crippen LogP contribution in [-0.2, 0) is 4.79 Å². The number of carbonyl (C=O) groups is 1. The smallest absolute Gasteiger partial charge is 1.00 e. The van der Waals surface area contributed by atoms with Crippen LogP contribution in [0.3, 0.4) is 0 Å². The number of phenols is 1. The molecule has 0 saturated carbocycles. The molecule has 1 rings (SSSR count). The van der Waals surface area contributed by atoms with Crippen LogP contribution in [0.25, 0.3) is 0 Å². The van der Waals surface area contributed by atoms with Gasteiger partial charge in [0, 0.05) is 0 Å². The number of aromatic hydroxyl groups is 1. The minimum atomic E-state index is -1.02. The minimum absolute atomic E-state index is 0. The summed E-state index contributed by atoms with van der Waals surface area (Å²) in [4.78, 5) is 10.4. The van der Waals surface area contributed by atoms with Crippen molar-refractivity contribution in [2.24, 2.45) is 0 Å². The van der Waals surface area contributed by atoms with Gasteiger partial charge in [-0.2, -0.15) is 0 Å². The fourth-order valence-electron chi connectivity index (χ4n) is 0.779. The van der Waals surface area contributed by atoms with Crippen molar-refractivity contribution >= 4 is 5.97 Å². The molecule has 0 radical (unpaired) electrons. The number of hydrogen-bond donors (Lipinski definition) is 2. The molecule has 4 nitrogen and oxygen atoms in total. The SMILES string of the molecule is C[C@@H](Oc1ccc(O)cc1)C(=O)O.[H-].[K+]. The van der Waals surface area contributed by atoms with Crippen molar-refractivity contribution in [3.05, 3.63) is 24.3 Å². The van der Waals surface area contributed by atoms with Crippen molar-refractivity contribution in [2.75, 3.05) is 0 Å². The average molecular weight is 222 g/mol. The summed E-state index contributed by atoms with van der Waals surface area (Å²) in [6, 6.07) is 5.89. The Morgan fingerprint density at radius 3 is 2.36 bits per heavy atom. The summed E-state index contributed by atoms with van der Waals surface area (Å²) in [5.74, 6) is -0.476. The third-order valence-electron chi connectivity index (χ3n) is 1.50. The summed E-state index contributed by atoms with van der Waals surface area (Å²) in [6.45, 7) is 1.44. The Hall–Kier alpha value is -0.0736. The van der Waals surface area contributed by atoms with E-state index in [4.69, 9.17) is 14.9 Å². The molecule has 72 valence electrons. The molecule has 0 aliphatic carbocycles. The molecule has 0 aliphatic rings. The van der Waals surface area contributed by atoms with Crippen molar-refractivity contribution in [1.29, 1.82) is 0 Å². The van der Waals surface area contributed by atoms with Crippen LogP contribution in [0.15, 0.2) is 24.3 Å². The van der Waals surface area contributed by atoms with Gasteiger partial charge in [0.25, 0.3) is 0 Å². The molecule has 1 atom stereocenters. The first-order valence-electron chi connectivity index (χ1n) is 3.78. The van der Waals surface area contributed by atoms with Gasteiger partial charge in [-0.05, 0) is 31.2 Å². The van der Waals surface area contributed by atoms with E-state index in [-0.39, 0.29) is 58.6 Å². The van der Waals surface area contributed by atoms with E-state index in [0.29, 0.717) is 5.75 Å². The Balaban J connectivity index is 0.